The van der Waals surface area contributed by atoms with Crippen molar-refractivity contribution in [3.8, 4) is 0 Å². The first-order valence-corrected chi connectivity index (χ1v) is 6.37. The van der Waals surface area contributed by atoms with E-state index < -0.39 is 5.25 Å². The Morgan fingerprint density at radius 3 is 2.71 bits per heavy atom. The van der Waals surface area contributed by atoms with Crippen LogP contribution in [0.2, 0.25) is 5.02 Å². The molecule has 1 heterocycles. The second kappa shape index (κ2) is 5.08. The molecule has 1 aliphatic rings. The number of nitrogens with two attached hydrogens (primary N) is 1. The SMILES string of the molecule is NCCN1C(=O)S[C@H](c2ccccc2Cl)C1=O. The van der Waals surface area contributed by atoms with Crippen LogP contribution in [0.4, 0.5) is 4.79 Å². The molecule has 0 unspecified atom stereocenters. The van der Waals surface area contributed by atoms with Gasteiger partial charge in [-0.3, -0.25) is 14.5 Å². The summed E-state index contributed by atoms with van der Waals surface area (Å²) in [6.45, 7) is 0.527. The topological polar surface area (TPSA) is 63.4 Å². The molecule has 0 aliphatic carbocycles. The fourth-order valence-electron chi connectivity index (χ4n) is 1.66. The first kappa shape index (κ1) is 12.4. The number of rotatable bonds is 3. The normalized spacial score (nSPS) is 20.1. The zero-order valence-electron chi connectivity index (χ0n) is 8.93. The molecular formula is C11H11ClN2O2S. The van der Waals surface area contributed by atoms with Crippen LogP contribution in [0.5, 0.6) is 0 Å². The van der Waals surface area contributed by atoms with Gasteiger partial charge >= 0.3 is 0 Å². The summed E-state index contributed by atoms with van der Waals surface area (Å²) in [7, 11) is 0. The van der Waals surface area contributed by atoms with Gasteiger partial charge in [-0.1, -0.05) is 29.8 Å². The Balaban J connectivity index is 2.28. The molecule has 17 heavy (non-hydrogen) atoms. The summed E-state index contributed by atoms with van der Waals surface area (Å²) in [4.78, 5) is 24.8. The Hall–Kier alpha value is -1.04. The van der Waals surface area contributed by atoms with Gasteiger partial charge < -0.3 is 5.73 Å². The van der Waals surface area contributed by atoms with E-state index in [1.54, 1.807) is 24.3 Å². The molecule has 1 aromatic carbocycles. The van der Waals surface area contributed by atoms with E-state index in [0.717, 1.165) is 11.8 Å². The predicted octanol–water partition coefficient (Wildman–Crippen LogP) is 2.04. The van der Waals surface area contributed by atoms with E-state index in [2.05, 4.69) is 0 Å². The highest BCUT2D eigenvalue weighted by molar-refractivity contribution is 8.15. The molecule has 0 aromatic heterocycles. The summed E-state index contributed by atoms with van der Waals surface area (Å²) in [6, 6.07) is 7.05. The quantitative estimate of drug-likeness (QED) is 0.913. The largest absolute Gasteiger partial charge is 0.329 e. The van der Waals surface area contributed by atoms with Crippen LogP contribution in [0.25, 0.3) is 0 Å². The summed E-state index contributed by atoms with van der Waals surface area (Å²) in [6.07, 6.45) is 0. The second-order valence-electron chi connectivity index (χ2n) is 3.56. The molecule has 90 valence electrons. The number of carbonyl (C=O) groups is 2. The van der Waals surface area contributed by atoms with E-state index in [9.17, 15) is 9.59 Å². The maximum Gasteiger partial charge on any atom is 0.289 e. The average Bonchev–Trinajstić information content (AvgIpc) is 2.58. The van der Waals surface area contributed by atoms with Crippen LogP contribution in [0, 0.1) is 0 Å². The van der Waals surface area contributed by atoms with Gasteiger partial charge in [-0.05, 0) is 23.4 Å². The molecule has 2 N–H and O–H groups in total. The monoisotopic (exact) mass is 270 g/mol. The molecule has 1 saturated heterocycles. The van der Waals surface area contributed by atoms with Crippen molar-refractivity contribution in [2.24, 2.45) is 5.73 Å². The summed E-state index contributed by atoms with van der Waals surface area (Å²) in [5, 5.41) is -0.297. The Kier molecular flexibility index (Phi) is 3.71. The number of thioether (sulfide) groups is 1. The van der Waals surface area contributed by atoms with Crippen LogP contribution in [-0.4, -0.2) is 29.1 Å². The smallest absolute Gasteiger partial charge is 0.289 e. The van der Waals surface area contributed by atoms with E-state index >= 15 is 0 Å². The first-order valence-electron chi connectivity index (χ1n) is 5.11. The van der Waals surface area contributed by atoms with E-state index in [0.29, 0.717) is 10.6 Å². The third-order valence-corrected chi connectivity index (χ3v) is 3.93. The lowest BCUT2D eigenvalue weighted by molar-refractivity contribution is -0.126. The van der Waals surface area contributed by atoms with E-state index in [1.165, 1.54) is 4.90 Å². The first-order chi connectivity index (χ1) is 8.15. The van der Waals surface area contributed by atoms with Crippen molar-refractivity contribution in [2.75, 3.05) is 13.1 Å². The molecule has 0 radical (unpaired) electrons. The molecule has 1 atom stereocenters. The van der Waals surface area contributed by atoms with Crippen LogP contribution in [-0.2, 0) is 4.79 Å². The summed E-state index contributed by atoms with van der Waals surface area (Å²) in [5.41, 5.74) is 6.04. The molecule has 2 amide bonds. The molecule has 6 heteroatoms. The molecule has 0 spiro atoms. The van der Waals surface area contributed by atoms with Crippen LogP contribution in [0.1, 0.15) is 10.8 Å². The molecule has 2 rings (SSSR count). The van der Waals surface area contributed by atoms with Gasteiger partial charge in [-0.25, -0.2) is 0 Å². The van der Waals surface area contributed by atoms with E-state index in [1.807, 2.05) is 0 Å². The Morgan fingerprint density at radius 1 is 1.35 bits per heavy atom. The number of carbonyl (C=O) groups excluding carboxylic acids is 2. The van der Waals surface area contributed by atoms with E-state index in [4.69, 9.17) is 17.3 Å². The second-order valence-corrected chi connectivity index (χ2v) is 5.03. The fourth-order valence-corrected chi connectivity index (χ4v) is 3.04. The number of hydrogen-bond donors (Lipinski definition) is 1. The molecule has 1 aromatic rings. The predicted molar refractivity (Wildman–Crippen MR) is 67.9 cm³/mol. The zero-order valence-corrected chi connectivity index (χ0v) is 10.5. The van der Waals surface area contributed by atoms with Crippen LogP contribution in [0.3, 0.4) is 0 Å². The van der Waals surface area contributed by atoms with Gasteiger partial charge in [0.15, 0.2) is 0 Å². The summed E-state index contributed by atoms with van der Waals surface area (Å²) < 4.78 is 0. The van der Waals surface area contributed by atoms with Crippen molar-refractivity contribution in [2.45, 2.75) is 5.25 Å². The lowest BCUT2D eigenvalue weighted by atomic mass is 10.1. The molecule has 1 fully saturated rings. The number of hydrogen-bond acceptors (Lipinski definition) is 4. The molecular weight excluding hydrogens is 260 g/mol. The van der Waals surface area contributed by atoms with Gasteiger partial charge in [0.05, 0.1) is 0 Å². The van der Waals surface area contributed by atoms with Crippen LogP contribution in [0.15, 0.2) is 24.3 Å². The van der Waals surface area contributed by atoms with Crippen LogP contribution >= 0.6 is 23.4 Å². The van der Waals surface area contributed by atoms with Gasteiger partial charge in [0.2, 0.25) is 5.91 Å². The number of amides is 2. The van der Waals surface area contributed by atoms with Crippen molar-refractivity contribution >= 4 is 34.5 Å². The standard InChI is InChI=1S/C11H11ClN2O2S/c12-8-4-2-1-3-7(8)9-10(15)14(6-5-13)11(16)17-9/h1-4,9H,5-6,13H2/t9-/m1/s1. The third-order valence-electron chi connectivity index (χ3n) is 2.47. The van der Waals surface area contributed by atoms with Gasteiger partial charge in [0.1, 0.15) is 5.25 Å². The highest BCUT2D eigenvalue weighted by Crippen LogP contribution is 2.41. The Bertz CT molecular complexity index is 467. The molecule has 0 bridgehead atoms. The fraction of sp³-hybridized carbons (Fsp3) is 0.273. The Morgan fingerprint density at radius 2 is 2.06 bits per heavy atom. The highest BCUT2D eigenvalue weighted by atomic mass is 35.5. The van der Waals surface area contributed by atoms with Crippen molar-refractivity contribution in [3.05, 3.63) is 34.9 Å². The zero-order chi connectivity index (χ0) is 12.4. The lowest BCUT2D eigenvalue weighted by Gasteiger charge is -2.12. The number of nitrogens with zero attached hydrogens (tertiary/aromatic N) is 1. The van der Waals surface area contributed by atoms with Gasteiger partial charge in [0.25, 0.3) is 5.24 Å². The Labute approximate surface area is 108 Å². The summed E-state index contributed by atoms with van der Waals surface area (Å²) in [5.74, 6) is -0.237. The number of halogens is 1. The maximum atomic E-state index is 12.0. The minimum Gasteiger partial charge on any atom is -0.329 e. The maximum absolute atomic E-state index is 12.0. The molecule has 1 aliphatic heterocycles. The molecule has 0 saturated carbocycles. The number of imide groups is 1. The third kappa shape index (κ3) is 2.31. The van der Waals surface area contributed by atoms with Crippen molar-refractivity contribution in [1.29, 1.82) is 0 Å². The van der Waals surface area contributed by atoms with Crippen LogP contribution < -0.4 is 5.73 Å². The van der Waals surface area contributed by atoms with Gasteiger partial charge in [0, 0.05) is 18.1 Å². The van der Waals surface area contributed by atoms with Crippen molar-refractivity contribution in [3.63, 3.8) is 0 Å². The molecule has 4 nitrogen and oxygen atoms in total. The van der Waals surface area contributed by atoms with E-state index in [-0.39, 0.29) is 24.2 Å². The van der Waals surface area contributed by atoms with Crippen molar-refractivity contribution < 1.29 is 9.59 Å². The average molecular weight is 271 g/mol. The lowest BCUT2D eigenvalue weighted by Crippen LogP contribution is -2.34. The minimum atomic E-state index is -0.539. The number of benzene rings is 1. The van der Waals surface area contributed by atoms with Crippen molar-refractivity contribution in [1.82, 2.24) is 4.90 Å². The highest BCUT2D eigenvalue weighted by Gasteiger charge is 2.40. The van der Waals surface area contributed by atoms with Gasteiger partial charge in [-0.15, -0.1) is 0 Å². The minimum absolute atomic E-state index is 0.237. The summed E-state index contributed by atoms with van der Waals surface area (Å²) >= 11 is 7.01. The van der Waals surface area contributed by atoms with Gasteiger partial charge in [-0.2, -0.15) is 0 Å².